The van der Waals surface area contributed by atoms with Gasteiger partial charge in [0.05, 0.1) is 10.5 Å². The van der Waals surface area contributed by atoms with Crippen molar-refractivity contribution in [3.05, 3.63) is 41.7 Å². The molecule has 4 N–H and O–H groups in total. The summed E-state index contributed by atoms with van der Waals surface area (Å²) in [5.74, 6) is -1.04. The van der Waals surface area contributed by atoms with Crippen LogP contribution in [0.15, 0.2) is 39.4 Å². The molecule has 0 aliphatic heterocycles. The van der Waals surface area contributed by atoms with Gasteiger partial charge >= 0.3 is 0 Å². The van der Waals surface area contributed by atoms with Gasteiger partial charge in [-0.3, -0.25) is 4.79 Å². The van der Waals surface area contributed by atoms with Gasteiger partial charge in [-0.15, -0.1) is 11.3 Å². The molecular formula is C17H19FN2O4S3. The number of hydrogen-bond donors (Lipinski definition) is 3. The largest absolute Gasteiger partial charge is 0.376 e. The van der Waals surface area contributed by atoms with E-state index in [1.165, 1.54) is 18.2 Å². The fourth-order valence-electron chi connectivity index (χ4n) is 3.14. The average Bonchev–Trinajstić information content (AvgIpc) is 3.27. The summed E-state index contributed by atoms with van der Waals surface area (Å²) in [6, 6.07) is 5.76. The van der Waals surface area contributed by atoms with E-state index < -0.39 is 21.6 Å². The molecule has 0 saturated heterocycles. The lowest BCUT2D eigenvalue weighted by atomic mass is 10.1. The first-order chi connectivity index (χ1) is 12.8. The second-order valence-corrected chi connectivity index (χ2v) is 10.4. The Morgan fingerprint density at radius 2 is 2.04 bits per heavy atom. The maximum absolute atomic E-state index is 13.1. The normalized spacial score (nSPS) is 19.9. The quantitative estimate of drug-likeness (QED) is 0.457. The fraction of sp³-hybridized carbons (Fsp3) is 0.353. The van der Waals surface area contributed by atoms with E-state index in [0.717, 1.165) is 54.8 Å². The Morgan fingerprint density at radius 3 is 2.67 bits per heavy atom. The number of carbonyl (C=O) groups is 1. The van der Waals surface area contributed by atoms with Gasteiger partial charge in [0, 0.05) is 11.8 Å². The zero-order valence-electron chi connectivity index (χ0n) is 14.2. The highest BCUT2D eigenvalue weighted by Crippen LogP contribution is 2.37. The minimum absolute atomic E-state index is 0.0371. The van der Waals surface area contributed by atoms with Crippen LogP contribution in [0.25, 0.3) is 0 Å². The van der Waals surface area contributed by atoms with Gasteiger partial charge in [0.1, 0.15) is 15.0 Å². The molecule has 27 heavy (non-hydrogen) atoms. The minimum Gasteiger partial charge on any atom is -0.376 e. The third-order valence-corrected chi connectivity index (χ3v) is 8.84. The SMILES string of the molecule is NC(=O)c1cc(S(=O)(=O)c2ccc(F)cc2)sc1NCC1CCCC1SO. The molecule has 0 radical (unpaired) electrons. The first-order valence-corrected chi connectivity index (χ1v) is 11.4. The Bertz CT molecular complexity index is 928. The standard InChI is InChI=1S/C17H19FN2O4S3/c18-11-4-6-12(7-5-11)27(23,24)15-8-13(16(19)21)17(25-15)20-9-10-2-1-3-14(10)26-22/h4-8,10,14,20,22H,1-3,9H2,(H2,19,21). The second-order valence-electron chi connectivity index (χ2n) is 6.35. The molecule has 3 rings (SSSR count). The summed E-state index contributed by atoms with van der Waals surface area (Å²) in [4.78, 5) is 11.7. The van der Waals surface area contributed by atoms with E-state index in [0.29, 0.717) is 11.5 Å². The van der Waals surface area contributed by atoms with Gasteiger partial charge in [-0.1, -0.05) is 6.42 Å². The Morgan fingerprint density at radius 1 is 1.33 bits per heavy atom. The molecule has 2 aromatic rings. The van der Waals surface area contributed by atoms with Gasteiger partial charge in [-0.05, 0) is 61.1 Å². The molecule has 1 aromatic heterocycles. The van der Waals surface area contributed by atoms with E-state index in [1.807, 2.05) is 0 Å². The van der Waals surface area contributed by atoms with Gasteiger partial charge in [0.25, 0.3) is 5.91 Å². The number of hydrogen-bond acceptors (Lipinski definition) is 7. The lowest BCUT2D eigenvalue weighted by Crippen LogP contribution is -2.21. The maximum Gasteiger partial charge on any atom is 0.251 e. The summed E-state index contributed by atoms with van der Waals surface area (Å²) in [5, 5.41) is 3.63. The van der Waals surface area contributed by atoms with E-state index in [4.69, 9.17) is 5.73 Å². The molecule has 1 amide bonds. The topological polar surface area (TPSA) is 109 Å². The maximum atomic E-state index is 13.1. The predicted octanol–water partition coefficient (Wildman–Crippen LogP) is 3.61. The zero-order chi connectivity index (χ0) is 19.6. The number of anilines is 1. The van der Waals surface area contributed by atoms with E-state index in [1.54, 1.807) is 0 Å². The van der Waals surface area contributed by atoms with Crippen LogP contribution < -0.4 is 11.1 Å². The highest BCUT2D eigenvalue weighted by Gasteiger charge is 2.29. The van der Waals surface area contributed by atoms with Crippen molar-refractivity contribution in [2.45, 2.75) is 33.6 Å². The Kier molecular flexibility index (Phi) is 6.09. The van der Waals surface area contributed by atoms with Crippen LogP contribution in [0.5, 0.6) is 0 Å². The number of benzene rings is 1. The van der Waals surface area contributed by atoms with Crippen molar-refractivity contribution in [2.75, 3.05) is 11.9 Å². The van der Waals surface area contributed by atoms with Crippen molar-refractivity contribution >= 4 is 44.1 Å². The molecule has 10 heteroatoms. The Labute approximate surface area is 165 Å². The van der Waals surface area contributed by atoms with Crippen LogP contribution in [0.2, 0.25) is 0 Å². The summed E-state index contributed by atoms with van der Waals surface area (Å²) < 4.78 is 47.9. The van der Waals surface area contributed by atoms with Crippen molar-refractivity contribution in [3.8, 4) is 0 Å². The number of halogens is 1. The first kappa shape index (κ1) is 20.1. The number of carbonyl (C=O) groups excluding carboxylic acids is 1. The summed E-state index contributed by atoms with van der Waals surface area (Å²) >= 11 is 1.76. The highest BCUT2D eigenvalue weighted by molar-refractivity contribution is 7.94. The summed E-state index contributed by atoms with van der Waals surface area (Å²) in [5.41, 5.74) is 5.51. The number of rotatable bonds is 7. The molecule has 1 aliphatic carbocycles. The van der Waals surface area contributed by atoms with E-state index in [2.05, 4.69) is 5.32 Å². The van der Waals surface area contributed by atoms with Gasteiger partial charge in [-0.2, -0.15) is 0 Å². The lowest BCUT2D eigenvalue weighted by Gasteiger charge is -2.17. The molecule has 1 aromatic carbocycles. The number of primary amides is 1. The zero-order valence-corrected chi connectivity index (χ0v) is 16.7. The van der Waals surface area contributed by atoms with Crippen LogP contribution in [0.4, 0.5) is 9.39 Å². The smallest absolute Gasteiger partial charge is 0.251 e. The third-order valence-electron chi connectivity index (χ3n) is 4.61. The summed E-state index contributed by atoms with van der Waals surface area (Å²) in [6.45, 7) is 0.509. The molecule has 146 valence electrons. The van der Waals surface area contributed by atoms with E-state index >= 15 is 0 Å². The number of amides is 1. The average molecular weight is 431 g/mol. The molecule has 6 nitrogen and oxygen atoms in total. The molecular weight excluding hydrogens is 411 g/mol. The molecule has 0 spiro atoms. The van der Waals surface area contributed by atoms with E-state index in [9.17, 15) is 22.2 Å². The van der Waals surface area contributed by atoms with Crippen molar-refractivity contribution in [1.29, 1.82) is 0 Å². The molecule has 0 bridgehead atoms. The Balaban J connectivity index is 1.86. The fourth-order valence-corrected chi connectivity index (χ4v) is 6.60. The van der Waals surface area contributed by atoms with Crippen LogP contribution in [-0.2, 0) is 9.84 Å². The molecule has 1 aliphatic rings. The van der Waals surface area contributed by atoms with Crippen LogP contribution in [0.3, 0.4) is 0 Å². The third kappa shape index (κ3) is 4.29. The van der Waals surface area contributed by atoms with Crippen molar-refractivity contribution in [1.82, 2.24) is 0 Å². The Hall–Kier alpha value is -1.62. The number of sulfone groups is 1. The minimum atomic E-state index is -3.88. The van der Waals surface area contributed by atoms with Crippen LogP contribution in [0.1, 0.15) is 29.6 Å². The van der Waals surface area contributed by atoms with Crippen LogP contribution >= 0.6 is 23.4 Å². The van der Waals surface area contributed by atoms with Gasteiger partial charge in [0.2, 0.25) is 9.84 Å². The number of nitrogens with two attached hydrogens (primary N) is 1. The summed E-state index contributed by atoms with van der Waals surface area (Å²) in [7, 11) is -3.88. The number of nitrogens with one attached hydrogen (secondary N) is 1. The van der Waals surface area contributed by atoms with Gasteiger partial charge in [-0.25, -0.2) is 12.8 Å². The van der Waals surface area contributed by atoms with Crippen LogP contribution in [0, 0.1) is 11.7 Å². The van der Waals surface area contributed by atoms with Gasteiger partial charge in [0.15, 0.2) is 0 Å². The summed E-state index contributed by atoms with van der Waals surface area (Å²) in [6.07, 6.45) is 2.88. The predicted molar refractivity (Wildman–Crippen MR) is 105 cm³/mol. The molecule has 2 unspecified atom stereocenters. The van der Waals surface area contributed by atoms with Crippen LogP contribution in [-0.4, -0.2) is 30.7 Å². The second kappa shape index (κ2) is 8.17. The highest BCUT2D eigenvalue weighted by atomic mass is 32.2. The van der Waals surface area contributed by atoms with Crippen molar-refractivity contribution in [3.63, 3.8) is 0 Å². The molecule has 2 atom stereocenters. The monoisotopic (exact) mass is 430 g/mol. The molecule has 1 heterocycles. The first-order valence-electron chi connectivity index (χ1n) is 8.31. The van der Waals surface area contributed by atoms with Crippen molar-refractivity contribution < 1.29 is 22.2 Å². The van der Waals surface area contributed by atoms with Gasteiger partial charge < -0.3 is 15.6 Å². The lowest BCUT2D eigenvalue weighted by molar-refractivity contribution is 0.100. The van der Waals surface area contributed by atoms with E-state index in [-0.39, 0.29) is 25.8 Å². The molecule has 1 fully saturated rings. The van der Waals surface area contributed by atoms with Crippen molar-refractivity contribution in [2.24, 2.45) is 11.7 Å². The number of thiophene rings is 1. The molecule has 1 saturated carbocycles.